The van der Waals surface area contributed by atoms with E-state index in [2.05, 4.69) is 10.6 Å². The number of amides is 1. The van der Waals surface area contributed by atoms with Gasteiger partial charge in [0.15, 0.2) is 5.78 Å². The summed E-state index contributed by atoms with van der Waals surface area (Å²) in [6.45, 7) is 5.12. The van der Waals surface area contributed by atoms with Crippen LogP contribution in [0.1, 0.15) is 45.2 Å². The van der Waals surface area contributed by atoms with Crippen LogP contribution in [0.2, 0.25) is 0 Å². The summed E-state index contributed by atoms with van der Waals surface area (Å²) in [7, 11) is 0. The van der Waals surface area contributed by atoms with Gasteiger partial charge in [0.25, 0.3) is 0 Å². The number of benzene rings is 1. The zero-order valence-electron chi connectivity index (χ0n) is 13.4. The maximum absolute atomic E-state index is 13.8. The van der Waals surface area contributed by atoms with Gasteiger partial charge in [-0.05, 0) is 31.9 Å². The van der Waals surface area contributed by atoms with Crippen LogP contribution in [0.5, 0.6) is 0 Å². The largest absolute Gasteiger partial charge is 0.365 e. The average molecular weight is 322 g/mol. The fraction of sp³-hybridized carbons (Fsp3) is 0.412. The molecule has 1 heterocycles. The molecule has 0 radical (unpaired) electrons. The van der Waals surface area contributed by atoms with E-state index in [9.17, 15) is 18.4 Å². The van der Waals surface area contributed by atoms with E-state index in [1.54, 1.807) is 20.8 Å². The van der Waals surface area contributed by atoms with Crippen LogP contribution in [0.4, 0.5) is 8.78 Å². The van der Waals surface area contributed by atoms with Gasteiger partial charge in [0.1, 0.15) is 22.9 Å². The molecule has 124 valence electrons. The molecule has 4 nitrogen and oxygen atoms in total. The average Bonchev–Trinajstić information content (AvgIpc) is 2.47. The first-order valence-electron chi connectivity index (χ1n) is 7.63. The molecule has 1 unspecified atom stereocenters. The van der Waals surface area contributed by atoms with Gasteiger partial charge in [-0.1, -0.05) is 19.9 Å². The summed E-state index contributed by atoms with van der Waals surface area (Å²) in [6.07, 6.45) is 2.09. The van der Waals surface area contributed by atoms with Gasteiger partial charge in [-0.3, -0.25) is 9.59 Å². The van der Waals surface area contributed by atoms with E-state index in [4.69, 9.17) is 0 Å². The number of rotatable bonds is 5. The first-order chi connectivity index (χ1) is 10.9. The second-order valence-corrected chi connectivity index (χ2v) is 5.67. The van der Waals surface area contributed by atoms with Crippen molar-refractivity contribution in [2.45, 2.75) is 39.7 Å². The predicted octanol–water partition coefficient (Wildman–Crippen LogP) is 2.96. The third-order valence-electron chi connectivity index (χ3n) is 4.44. The Bertz CT molecular complexity index is 646. The van der Waals surface area contributed by atoms with Gasteiger partial charge in [0.2, 0.25) is 5.91 Å². The molecule has 1 aromatic rings. The first kappa shape index (κ1) is 17.1. The highest BCUT2D eigenvalue weighted by Gasteiger charge is 2.44. The highest BCUT2D eigenvalue weighted by molar-refractivity contribution is 6.13. The van der Waals surface area contributed by atoms with E-state index >= 15 is 0 Å². The lowest BCUT2D eigenvalue weighted by atomic mass is 9.75. The van der Waals surface area contributed by atoms with Crippen molar-refractivity contribution in [2.24, 2.45) is 5.41 Å². The van der Waals surface area contributed by atoms with Gasteiger partial charge in [0, 0.05) is 11.6 Å². The Morgan fingerprint density at radius 3 is 2.22 bits per heavy atom. The van der Waals surface area contributed by atoms with E-state index in [-0.39, 0.29) is 17.2 Å². The van der Waals surface area contributed by atoms with Crippen LogP contribution in [0.15, 0.2) is 30.1 Å². The van der Waals surface area contributed by atoms with Crippen molar-refractivity contribution < 1.29 is 18.4 Å². The number of hydrogen-bond donors (Lipinski definition) is 2. The number of carbonyl (C=O) groups excluding carboxylic acids is 2. The van der Waals surface area contributed by atoms with Gasteiger partial charge >= 0.3 is 0 Å². The molecule has 1 amide bonds. The van der Waals surface area contributed by atoms with E-state index < -0.39 is 29.0 Å². The molecule has 0 fully saturated rings. The lowest BCUT2D eigenvalue weighted by Gasteiger charge is -2.33. The molecule has 0 aliphatic carbocycles. The van der Waals surface area contributed by atoms with Gasteiger partial charge in [-0.15, -0.1) is 0 Å². The number of hydrogen-bond acceptors (Lipinski definition) is 3. The van der Waals surface area contributed by atoms with Crippen molar-refractivity contribution in [1.82, 2.24) is 10.6 Å². The molecule has 1 aliphatic heterocycles. The number of carbonyl (C=O) groups is 2. The van der Waals surface area contributed by atoms with Gasteiger partial charge < -0.3 is 10.6 Å². The van der Waals surface area contributed by atoms with Gasteiger partial charge in [-0.2, -0.15) is 0 Å². The van der Waals surface area contributed by atoms with E-state index in [0.29, 0.717) is 12.8 Å². The third kappa shape index (κ3) is 2.98. The van der Waals surface area contributed by atoms with Crippen LogP contribution >= 0.6 is 0 Å². The summed E-state index contributed by atoms with van der Waals surface area (Å²) in [5.74, 6) is -1.90. The van der Waals surface area contributed by atoms with Gasteiger partial charge in [0.05, 0.1) is 6.04 Å². The highest BCUT2D eigenvalue weighted by atomic mass is 19.1. The predicted molar refractivity (Wildman–Crippen MR) is 82.2 cm³/mol. The van der Waals surface area contributed by atoms with Crippen LogP contribution in [-0.2, 0) is 9.59 Å². The Kier molecular flexibility index (Phi) is 4.82. The molecule has 0 bridgehead atoms. The van der Waals surface area contributed by atoms with Crippen molar-refractivity contribution >= 4 is 11.7 Å². The molecule has 2 N–H and O–H groups in total. The van der Waals surface area contributed by atoms with Crippen LogP contribution in [0, 0.1) is 17.0 Å². The van der Waals surface area contributed by atoms with Crippen LogP contribution < -0.4 is 10.6 Å². The minimum Gasteiger partial charge on any atom is -0.365 e. The fourth-order valence-electron chi connectivity index (χ4n) is 2.89. The fourth-order valence-corrected chi connectivity index (χ4v) is 2.89. The molecule has 23 heavy (non-hydrogen) atoms. The molecule has 6 heteroatoms. The molecule has 0 spiro atoms. The maximum Gasteiger partial charge on any atom is 0.239 e. The maximum atomic E-state index is 13.8. The smallest absolute Gasteiger partial charge is 0.239 e. The second kappa shape index (κ2) is 6.48. The molecule has 1 aliphatic rings. The summed E-state index contributed by atoms with van der Waals surface area (Å²) in [6, 6.07) is 2.86. The summed E-state index contributed by atoms with van der Waals surface area (Å²) in [5, 5.41) is 5.42. The van der Waals surface area contributed by atoms with E-state index in [0.717, 1.165) is 12.1 Å². The number of nitrogens with one attached hydrogen (secondary N) is 2. The van der Waals surface area contributed by atoms with E-state index in [1.807, 2.05) is 0 Å². The number of allylic oxidation sites excluding steroid dienone is 1. The second-order valence-electron chi connectivity index (χ2n) is 5.67. The van der Waals surface area contributed by atoms with E-state index in [1.165, 1.54) is 12.1 Å². The Labute approximate surface area is 134 Å². The molecule has 1 atom stereocenters. The third-order valence-corrected chi connectivity index (χ3v) is 4.44. The first-order valence-corrected chi connectivity index (χ1v) is 7.63. The Hall–Kier alpha value is -2.24. The molecule has 2 rings (SSSR count). The van der Waals surface area contributed by atoms with Crippen LogP contribution in [0.25, 0.3) is 0 Å². The van der Waals surface area contributed by atoms with Crippen LogP contribution in [0.3, 0.4) is 0 Å². The molecule has 1 aromatic carbocycles. The molecule has 0 saturated carbocycles. The Balaban J connectivity index is 2.25. The SMILES string of the molecule is CCC1(CC)C(=O)C=C(NC(C)c2c(F)cccc2F)NC1=O. The quantitative estimate of drug-likeness (QED) is 0.820. The standard InChI is InChI=1S/C17H20F2N2O2/c1-4-17(5-2)13(22)9-14(21-16(17)23)20-10(3)15-11(18)7-6-8-12(15)19/h6-10,20H,4-5H2,1-3H3,(H,21,23). The lowest BCUT2D eigenvalue weighted by Crippen LogP contribution is -2.51. The summed E-state index contributed by atoms with van der Waals surface area (Å²) < 4.78 is 27.6. The Morgan fingerprint density at radius 2 is 1.74 bits per heavy atom. The van der Waals surface area contributed by atoms with Crippen molar-refractivity contribution in [3.05, 3.63) is 47.3 Å². The number of halogens is 2. The molecular weight excluding hydrogens is 302 g/mol. The van der Waals surface area contributed by atoms with Crippen molar-refractivity contribution in [1.29, 1.82) is 0 Å². The highest BCUT2D eigenvalue weighted by Crippen LogP contribution is 2.32. The zero-order chi connectivity index (χ0) is 17.2. The lowest BCUT2D eigenvalue weighted by molar-refractivity contribution is -0.141. The topological polar surface area (TPSA) is 58.2 Å². The van der Waals surface area contributed by atoms with Gasteiger partial charge in [-0.25, -0.2) is 8.78 Å². The zero-order valence-corrected chi connectivity index (χ0v) is 13.4. The molecule has 0 saturated heterocycles. The van der Waals surface area contributed by atoms with Crippen LogP contribution in [-0.4, -0.2) is 11.7 Å². The minimum atomic E-state index is -1.06. The minimum absolute atomic E-state index is 0.141. The number of ketones is 1. The normalized spacial score (nSPS) is 18.2. The molecular formula is C17H20F2N2O2. The summed E-state index contributed by atoms with van der Waals surface area (Å²) in [5.41, 5.74) is -1.20. The van der Waals surface area contributed by atoms with Crippen molar-refractivity contribution in [2.75, 3.05) is 0 Å². The molecule has 0 aromatic heterocycles. The van der Waals surface area contributed by atoms with Crippen molar-refractivity contribution in [3.8, 4) is 0 Å². The van der Waals surface area contributed by atoms with Crippen molar-refractivity contribution in [3.63, 3.8) is 0 Å². The summed E-state index contributed by atoms with van der Waals surface area (Å²) in [4.78, 5) is 24.6. The summed E-state index contributed by atoms with van der Waals surface area (Å²) >= 11 is 0. The monoisotopic (exact) mass is 322 g/mol. The Morgan fingerprint density at radius 1 is 1.17 bits per heavy atom.